The average Bonchev–Trinajstić information content (AvgIpc) is 2.34. The first-order chi connectivity index (χ1) is 8.13. The van der Waals surface area contributed by atoms with Crippen LogP contribution in [0.3, 0.4) is 0 Å². The molecule has 0 aliphatic rings. The van der Waals surface area contributed by atoms with Gasteiger partial charge in [0.1, 0.15) is 0 Å². The summed E-state index contributed by atoms with van der Waals surface area (Å²) >= 11 is 11.5. The molecule has 2 nitrogen and oxygen atoms in total. The molecule has 0 heterocycles. The number of rotatable bonds is 6. The van der Waals surface area contributed by atoms with Gasteiger partial charge in [-0.05, 0) is 43.0 Å². The zero-order valence-electron chi connectivity index (χ0n) is 9.88. The highest BCUT2D eigenvalue weighted by atomic mass is 35.5. The van der Waals surface area contributed by atoms with Crippen LogP contribution in [0.15, 0.2) is 24.3 Å². The number of benzene rings is 1. The maximum atomic E-state index is 11.7. The van der Waals surface area contributed by atoms with E-state index in [0.29, 0.717) is 28.9 Å². The highest BCUT2D eigenvalue weighted by Gasteiger charge is 2.05. The van der Waals surface area contributed by atoms with Crippen molar-refractivity contribution < 1.29 is 4.79 Å². The third-order valence-corrected chi connectivity index (χ3v) is 3.31. The first-order valence-electron chi connectivity index (χ1n) is 5.73. The quantitative estimate of drug-likeness (QED) is 0.621. The highest BCUT2D eigenvalue weighted by Crippen LogP contribution is 2.10. The van der Waals surface area contributed by atoms with Gasteiger partial charge in [0, 0.05) is 23.0 Å². The molecule has 0 radical (unpaired) electrons. The predicted octanol–water partition coefficient (Wildman–Crippen LogP) is 3.72. The molecule has 1 unspecified atom stereocenters. The van der Waals surface area contributed by atoms with Crippen LogP contribution in [0.5, 0.6) is 0 Å². The Kier molecular flexibility index (Phi) is 6.38. The summed E-state index contributed by atoms with van der Waals surface area (Å²) in [5.41, 5.74) is 0.639. The number of hydrogen-bond acceptors (Lipinski definition) is 1. The molecule has 0 aliphatic carbocycles. The fourth-order valence-electron chi connectivity index (χ4n) is 1.43. The van der Waals surface area contributed by atoms with Crippen molar-refractivity contribution in [3.63, 3.8) is 0 Å². The van der Waals surface area contributed by atoms with Crippen molar-refractivity contribution in [1.29, 1.82) is 0 Å². The van der Waals surface area contributed by atoms with Crippen molar-refractivity contribution in [2.45, 2.75) is 19.8 Å². The lowest BCUT2D eigenvalue weighted by atomic mass is 10.1. The second kappa shape index (κ2) is 7.57. The standard InChI is InChI=1S/C13H17Cl2NO/c1-10(9-14)3-2-8-16-13(17)11-4-6-12(15)7-5-11/h4-7,10H,2-3,8-9H2,1H3,(H,16,17). The topological polar surface area (TPSA) is 29.1 Å². The maximum Gasteiger partial charge on any atom is 0.251 e. The predicted molar refractivity (Wildman–Crippen MR) is 72.9 cm³/mol. The fraction of sp³-hybridized carbons (Fsp3) is 0.462. The van der Waals surface area contributed by atoms with Gasteiger partial charge in [0.05, 0.1) is 0 Å². The zero-order chi connectivity index (χ0) is 12.7. The number of carbonyl (C=O) groups is 1. The van der Waals surface area contributed by atoms with E-state index < -0.39 is 0 Å². The van der Waals surface area contributed by atoms with Crippen LogP contribution >= 0.6 is 23.2 Å². The van der Waals surface area contributed by atoms with Gasteiger partial charge in [-0.25, -0.2) is 0 Å². The summed E-state index contributed by atoms with van der Waals surface area (Å²) in [6, 6.07) is 6.87. The van der Waals surface area contributed by atoms with Crippen molar-refractivity contribution in [3.05, 3.63) is 34.9 Å². The smallest absolute Gasteiger partial charge is 0.251 e. The molecule has 1 aromatic carbocycles. The summed E-state index contributed by atoms with van der Waals surface area (Å²) in [7, 11) is 0. The Morgan fingerprint density at radius 2 is 2.00 bits per heavy atom. The van der Waals surface area contributed by atoms with Crippen LogP contribution in [0.1, 0.15) is 30.1 Å². The molecule has 0 aromatic heterocycles. The molecule has 1 amide bonds. The molecule has 0 bridgehead atoms. The summed E-state index contributed by atoms with van der Waals surface area (Å²) in [4.78, 5) is 11.7. The molecule has 1 rings (SSSR count). The first-order valence-corrected chi connectivity index (χ1v) is 6.64. The van der Waals surface area contributed by atoms with Gasteiger partial charge < -0.3 is 5.32 Å². The van der Waals surface area contributed by atoms with E-state index in [1.165, 1.54) is 0 Å². The van der Waals surface area contributed by atoms with Crippen molar-refractivity contribution in [3.8, 4) is 0 Å². The average molecular weight is 274 g/mol. The van der Waals surface area contributed by atoms with Gasteiger partial charge in [0.2, 0.25) is 0 Å². The lowest BCUT2D eigenvalue weighted by Gasteiger charge is -2.08. The fourth-order valence-corrected chi connectivity index (χ4v) is 1.71. The normalized spacial score (nSPS) is 12.2. The molecule has 0 spiro atoms. The van der Waals surface area contributed by atoms with E-state index in [-0.39, 0.29) is 5.91 Å². The van der Waals surface area contributed by atoms with Gasteiger partial charge in [-0.3, -0.25) is 4.79 Å². The minimum atomic E-state index is -0.0554. The van der Waals surface area contributed by atoms with Crippen molar-refractivity contribution >= 4 is 29.1 Å². The lowest BCUT2D eigenvalue weighted by Crippen LogP contribution is -2.24. The van der Waals surface area contributed by atoms with E-state index in [1.54, 1.807) is 24.3 Å². The van der Waals surface area contributed by atoms with Gasteiger partial charge in [-0.15, -0.1) is 11.6 Å². The molecule has 4 heteroatoms. The summed E-state index contributed by atoms with van der Waals surface area (Å²) in [5.74, 6) is 1.12. The van der Waals surface area contributed by atoms with Crippen LogP contribution in [0.4, 0.5) is 0 Å². The minimum absolute atomic E-state index is 0.0554. The Hall–Kier alpha value is -0.730. The van der Waals surface area contributed by atoms with E-state index in [4.69, 9.17) is 23.2 Å². The molecule has 94 valence electrons. The Morgan fingerprint density at radius 3 is 2.59 bits per heavy atom. The molecule has 0 aliphatic heterocycles. The van der Waals surface area contributed by atoms with Gasteiger partial charge in [-0.1, -0.05) is 18.5 Å². The van der Waals surface area contributed by atoms with Crippen LogP contribution in [0, 0.1) is 5.92 Å². The van der Waals surface area contributed by atoms with E-state index in [1.807, 2.05) is 0 Å². The number of carbonyl (C=O) groups excluding carboxylic acids is 1. The van der Waals surface area contributed by atoms with E-state index in [9.17, 15) is 4.79 Å². The molecule has 1 atom stereocenters. The SMILES string of the molecule is CC(CCl)CCCNC(=O)c1ccc(Cl)cc1. The third kappa shape index (κ3) is 5.42. The molecule has 1 N–H and O–H groups in total. The van der Waals surface area contributed by atoms with E-state index in [2.05, 4.69) is 12.2 Å². The largest absolute Gasteiger partial charge is 0.352 e. The number of amides is 1. The third-order valence-electron chi connectivity index (χ3n) is 2.53. The Labute approximate surface area is 112 Å². The molecular formula is C13H17Cl2NO. The number of hydrogen-bond donors (Lipinski definition) is 1. The van der Waals surface area contributed by atoms with E-state index in [0.717, 1.165) is 12.8 Å². The summed E-state index contributed by atoms with van der Waals surface area (Å²) in [6.45, 7) is 2.79. The summed E-state index contributed by atoms with van der Waals surface area (Å²) in [6.07, 6.45) is 1.98. The molecule has 17 heavy (non-hydrogen) atoms. The van der Waals surface area contributed by atoms with Gasteiger partial charge >= 0.3 is 0 Å². The monoisotopic (exact) mass is 273 g/mol. The first kappa shape index (κ1) is 14.3. The zero-order valence-corrected chi connectivity index (χ0v) is 11.4. The highest BCUT2D eigenvalue weighted by molar-refractivity contribution is 6.30. The van der Waals surface area contributed by atoms with E-state index >= 15 is 0 Å². The van der Waals surface area contributed by atoms with Gasteiger partial charge in [0.15, 0.2) is 0 Å². The maximum absolute atomic E-state index is 11.7. The van der Waals surface area contributed by atoms with Gasteiger partial charge in [0.25, 0.3) is 5.91 Å². The van der Waals surface area contributed by atoms with Crippen LogP contribution < -0.4 is 5.32 Å². The van der Waals surface area contributed by atoms with Crippen molar-refractivity contribution in [1.82, 2.24) is 5.32 Å². The lowest BCUT2D eigenvalue weighted by molar-refractivity contribution is 0.0952. The molecule has 0 saturated heterocycles. The molecule has 0 fully saturated rings. The second-order valence-electron chi connectivity index (χ2n) is 4.16. The Bertz CT molecular complexity index is 351. The van der Waals surface area contributed by atoms with Crippen LogP contribution in [-0.2, 0) is 0 Å². The second-order valence-corrected chi connectivity index (χ2v) is 4.91. The summed E-state index contributed by atoms with van der Waals surface area (Å²) < 4.78 is 0. The number of halogens is 2. The molecular weight excluding hydrogens is 257 g/mol. The molecule has 1 aromatic rings. The Morgan fingerprint density at radius 1 is 1.35 bits per heavy atom. The van der Waals surface area contributed by atoms with Crippen LogP contribution in [0.2, 0.25) is 5.02 Å². The van der Waals surface area contributed by atoms with Crippen LogP contribution in [-0.4, -0.2) is 18.3 Å². The Balaban J connectivity index is 2.28. The summed E-state index contributed by atoms with van der Waals surface area (Å²) in [5, 5.41) is 3.51. The van der Waals surface area contributed by atoms with Gasteiger partial charge in [-0.2, -0.15) is 0 Å². The number of alkyl halides is 1. The van der Waals surface area contributed by atoms with Crippen molar-refractivity contribution in [2.75, 3.05) is 12.4 Å². The van der Waals surface area contributed by atoms with Crippen molar-refractivity contribution in [2.24, 2.45) is 5.92 Å². The van der Waals surface area contributed by atoms with Crippen LogP contribution in [0.25, 0.3) is 0 Å². The molecule has 0 saturated carbocycles. The number of nitrogens with one attached hydrogen (secondary N) is 1. The minimum Gasteiger partial charge on any atom is -0.352 e.